The number of hydrogen-bond donors (Lipinski definition) is 1. The molecule has 1 N–H and O–H groups in total. The Bertz CT molecular complexity index is 1200. The van der Waals surface area contributed by atoms with E-state index in [-0.39, 0.29) is 22.3 Å². The number of nitro benzene ring substituents is 1. The predicted molar refractivity (Wildman–Crippen MR) is 108 cm³/mol. The largest absolute Gasteiger partial charge is 0.493 e. The first kappa shape index (κ1) is 20.4. The van der Waals surface area contributed by atoms with Gasteiger partial charge in [0, 0.05) is 17.0 Å². The maximum Gasteiger partial charge on any atom is 0.355 e. The first-order valence-electron chi connectivity index (χ1n) is 8.49. The number of nitrogens with zero attached hydrogens (tertiary/aromatic N) is 2. The molecule has 0 radical (unpaired) electrons. The number of carboxylic acid groups (broad SMARTS) is 1. The number of hydrogen-bond acceptors (Lipinski definition) is 7. The smallest absolute Gasteiger partial charge is 0.355 e. The van der Waals surface area contributed by atoms with Crippen LogP contribution in [0.2, 0.25) is 0 Å². The molecule has 152 valence electrons. The monoisotopic (exact) mass is 408 g/mol. The number of fused-ring (bicyclic) bond motifs is 1. The third-order valence-corrected chi connectivity index (χ3v) is 4.49. The molecule has 9 nitrogen and oxygen atoms in total. The summed E-state index contributed by atoms with van der Waals surface area (Å²) in [6, 6.07) is 7.48. The molecule has 0 spiro atoms. The molecule has 3 rings (SSSR count). The van der Waals surface area contributed by atoms with E-state index in [9.17, 15) is 20.0 Å². The topological polar surface area (TPSA) is 121 Å². The fraction of sp³-hybridized carbons (Fsp3) is 0.143. The number of aromatic nitrogens is 1. The first-order valence-corrected chi connectivity index (χ1v) is 8.49. The molecule has 0 atom stereocenters. The molecule has 1 heterocycles. The van der Waals surface area contributed by atoms with Gasteiger partial charge in [0.1, 0.15) is 5.52 Å². The number of rotatable bonds is 6. The van der Waals surface area contributed by atoms with E-state index >= 15 is 0 Å². The second-order valence-corrected chi connectivity index (χ2v) is 6.00. The Balaban J connectivity index is 2.55. The van der Waals surface area contributed by atoms with Gasteiger partial charge in [-0.1, -0.05) is 18.1 Å². The fourth-order valence-electron chi connectivity index (χ4n) is 3.24. The van der Waals surface area contributed by atoms with Crippen molar-refractivity contribution in [3.05, 3.63) is 51.7 Å². The van der Waals surface area contributed by atoms with Gasteiger partial charge in [-0.25, -0.2) is 9.78 Å². The molecule has 2 aromatic carbocycles. The van der Waals surface area contributed by atoms with E-state index in [1.165, 1.54) is 33.5 Å². The van der Waals surface area contributed by atoms with Gasteiger partial charge in [0.15, 0.2) is 17.2 Å². The van der Waals surface area contributed by atoms with E-state index in [0.29, 0.717) is 28.2 Å². The van der Waals surface area contributed by atoms with Gasteiger partial charge in [-0.2, -0.15) is 0 Å². The molecule has 1 aromatic heterocycles. The van der Waals surface area contributed by atoms with Gasteiger partial charge in [0.2, 0.25) is 5.75 Å². The van der Waals surface area contributed by atoms with Crippen LogP contribution in [0.25, 0.3) is 22.0 Å². The molecule has 0 bridgehead atoms. The van der Waals surface area contributed by atoms with Crippen LogP contribution in [0.5, 0.6) is 17.2 Å². The molecule has 30 heavy (non-hydrogen) atoms. The second kappa shape index (κ2) is 7.97. The maximum atomic E-state index is 11.8. The number of benzene rings is 2. The van der Waals surface area contributed by atoms with Crippen LogP contribution in [0.1, 0.15) is 16.1 Å². The molecule has 0 amide bonds. The van der Waals surface area contributed by atoms with Gasteiger partial charge in [-0.3, -0.25) is 10.1 Å². The summed E-state index contributed by atoms with van der Waals surface area (Å²) in [5, 5.41) is 21.5. The predicted octanol–water partition coefficient (Wildman–Crippen LogP) is 3.52. The van der Waals surface area contributed by atoms with E-state index in [0.717, 1.165) is 0 Å². The summed E-state index contributed by atoms with van der Waals surface area (Å²) < 4.78 is 16.1. The lowest BCUT2D eigenvalue weighted by atomic mass is 9.93. The molecule has 0 fully saturated rings. The number of non-ortho nitro benzene ring substituents is 1. The highest BCUT2D eigenvalue weighted by molar-refractivity contribution is 6.06. The summed E-state index contributed by atoms with van der Waals surface area (Å²) in [4.78, 5) is 26.7. The van der Waals surface area contributed by atoms with E-state index in [4.69, 9.17) is 20.6 Å². The summed E-state index contributed by atoms with van der Waals surface area (Å²) in [5.74, 6) is 1.90. The van der Waals surface area contributed by atoms with Crippen molar-refractivity contribution in [3.63, 3.8) is 0 Å². The van der Waals surface area contributed by atoms with Crippen LogP contribution in [0.3, 0.4) is 0 Å². The lowest BCUT2D eigenvalue weighted by molar-refractivity contribution is -0.383. The van der Waals surface area contributed by atoms with Crippen LogP contribution in [0.4, 0.5) is 5.69 Å². The summed E-state index contributed by atoms with van der Waals surface area (Å²) >= 11 is 0. The SMILES string of the molecule is C#Cc1c(C(=O)O)nc2c([N+](=O)[O-])cccc2c1-c1cc(OC)c(OC)c(OC)c1. The van der Waals surface area contributed by atoms with Gasteiger partial charge < -0.3 is 19.3 Å². The number of carboxylic acids is 1. The number of methoxy groups -OCH3 is 3. The molecule has 0 saturated carbocycles. The Morgan fingerprint density at radius 2 is 1.80 bits per heavy atom. The standard InChI is InChI=1S/C21H16N2O7/c1-5-12-17(11-9-15(28-2)20(30-4)16(10-11)29-3)13-7-6-8-14(23(26)27)18(13)22-19(12)21(24)25/h1,6-10H,2-4H3,(H,24,25). The number of nitro groups is 1. The van der Waals surface area contributed by atoms with Crippen molar-refractivity contribution in [3.8, 4) is 40.7 Å². The van der Waals surface area contributed by atoms with E-state index in [2.05, 4.69) is 10.9 Å². The minimum atomic E-state index is -1.41. The zero-order valence-electron chi connectivity index (χ0n) is 16.3. The molecular weight excluding hydrogens is 392 g/mol. The second-order valence-electron chi connectivity index (χ2n) is 6.00. The van der Waals surface area contributed by atoms with E-state index < -0.39 is 16.6 Å². The Morgan fingerprint density at radius 1 is 1.17 bits per heavy atom. The Kier molecular flexibility index (Phi) is 5.42. The average molecular weight is 408 g/mol. The van der Waals surface area contributed by atoms with Gasteiger partial charge >= 0.3 is 5.97 Å². The molecule has 0 aliphatic heterocycles. The van der Waals surface area contributed by atoms with Crippen molar-refractivity contribution in [1.82, 2.24) is 4.98 Å². The zero-order valence-corrected chi connectivity index (χ0v) is 16.3. The highest BCUT2D eigenvalue weighted by atomic mass is 16.6. The van der Waals surface area contributed by atoms with E-state index in [1.807, 2.05) is 0 Å². The van der Waals surface area contributed by atoms with Crippen LogP contribution in [0, 0.1) is 22.5 Å². The van der Waals surface area contributed by atoms with Crippen LogP contribution >= 0.6 is 0 Å². The molecule has 0 saturated heterocycles. The molecular formula is C21H16N2O7. The Morgan fingerprint density at radius 3 is 2.27 bits per heavy atom. The highest BCUT2D eigenvalue weighted by Crippen LogP contribution is 2.44. The summed E-state index contributed by atoms with van der Waals surface area (Å²) in [6.07, 6.45) is 5.64. The molecule has 9 heteroatoms. The Labute approximate surface area is 171 Å². The van der Waals surface area contributed by atoms with Crippen molar-refractivity contribution in [2.24, 2.45) is 0 Å². The van der Waals surface area contributed by atoms with Crippen molar-refractivity contribution < 1.29 is 29.0 Å². The molecule has 3 aromatic rings. The fourth-order valence-corrected chi connectivity index (χ4v) is 3.24. The summed E-state index contributed by atoms with van der Waals surface area (Å²) in [7, 11) is 4.31. The normalized spacial score (nSPS) is 10.3. The third-order valence-electron chi connectivity index (χ3n) is 4.49. The average Bonchev–Trinajstić information content (AvgIpc) is 2.75. The number of carbonyl (C=O) groups is 1. The van der Waals surface area contributed by atoms with Gasteiger partial charge in [-0.15, -0.1) is 6.42 Å². The summed E-state index contributed by atoms with van der Waals surface area (Å²) in [6.45, 7) is 0. The van der Waals surface area contributed by atoms with Gasteiger partial charge in [0.25, 0.3) is 5.69 Å². The minimum Gasteiger partial charge on any atom is -0.493 e. The van der Waals surface area contributed by atoms with Gasteiger partial charge in [0.05, 0.1) is 31.8 Å². The lowest BCUT2D eigenvalue weighted by Crippen LogP contribution is -2.08. The van der Waals surface area contributed by atoms with Crippen LogP contribution in [-0.4, -0.2) is 42.3 Å². The van der Waals surface area contributed by atoms with Crippen LogP contribution < -0.4 is 14.2 Å². The van der Waals surface area contributed by atoms with Crippen molar-refractivity contribution in [2.75, 3.05) is 21.3 Å². The van der Waals surface area contributed by atoms with Crippen molar-refractivity contribution >= 4 is 22.6 Å². The maximum absolute atomic E-state index is 11.8. The Hall–Kier alpha value is -4.32. The number of aromatic carboxylic acids is 1. The lowest BCUT2D eigenvalue weighted by Gasteiger charge is -2.17. The van der Waals surface area contributed by atoms with E-state index in [1.54, 1.807) is 18.2 Å². The number of terminal acetylenes is 1. The summed E-state index contributed by atoms with van der Waals surface area (Å²) in [5.41, 5.74) is -0.224. The van der Waals surface area contributed by atoms with Crippen molar-refractivity contribution in [1.29, 1.82) is 0 Å². The minimum absolute atomic E-state index is 0.0234. The van der Waals surface area contributed by atoms with Crippen LogP contribution in [-0.2, 0) is 0 Å². The zero-order chi connectivity index (χ0) is 22.0. The molecule has 0 unspecified atom stereocenters. The highest BCUT2D eigenvalue weighted by Gasteiger charge is 2.25. The number of ether oxygens (including phenoxy) is 3. The quantitative estimate of drug-likeness (QED) is 0.374. The molecule has 0 aliphatic rings. The number of pyridine rings is 1. The molecule has 0 aliphatic carbocycles. The first-order chi connectivity index (χ1) is 14.4. The third kappa shape index (κ3) is 3.20. The van der Waals surface area contributed by atoms with Crippen LogP contribution in [0.15, 0.2) is 30.3 Å². The van der Waals surface area contributed by atoms with Crippen molar-refractivity contribution in [2.45, 2.75) is 0 Å². The number of para-hydroxylation sites is 1. The van der Waals surface area contributed by atoms with Gasteiger partial charge in [-0.05, 0) is 17.7 Å².